The number of aromatic nitrogens is 3. The average Bonchev–Trinajstić information content (AvgIpc) is 3.54. The first-order chi connectivity index (χ1) is 18.8. The third kappa shape index (κ3) is 5.79. The molecule has 0 spiro atoms. The summed E-state index contributed by atoms with van der Waals surface area (Å²) in [6.07, 6.45) is 0.637. The number of rotatable bonds is 7. The van der Waals surface area contributed by atoms with Crippen molar-refractivity contribution in [2.24, 2.45) is 0 Å². The monoisotopic (exact) mass is 554 g/mol. The van der Waals surface area contributed by atoms with Crippen molar-refractivity contribution in [1.82, 2.24) is 25.4 Å². The van der Waals surface area contributed by atoms with E-state index in [-0.39, 0.29) is 52.5 Å². The lowest BCUT2D eigenvalue weighted by molar-refractivity contribution is 0.0943. The van der Waals surface area contributed by atoms with Crippen molar-refractivity contribution in [2.75, 3.05) is 18.4 Å². The standard InChI is InChI=1S/C27H22ClF3N6O2/c28-20-11-22(31)19(25-21(30)7-4-8-32-25)10-18(20)26(38)35-24-12-23(36-37(24)17-5-2-1-3-6-17)27(39)34-14-16-9-15(29)13-33-16/h1-8,10-12,15-16,33H,9,13-14H2,(H,34,39)(H,35,38)/t15-,16-/m0/s1. The van der Waals surface area contributed by atoms with Gasteiger partial charge in [0.25, 0.3) is 11.8 Å². The highest BCUT2D eigenvalue weighted by atomic mass is 35.5. The van der Waals surface area contributed by atoms with Crippen LogP contribution in [0.2, 0.25) is 5.02 Å². The summed E-state index contributed by atoms with van der Waals surface area (Å²) in [4.78, 5) is 30.0. The van der Waals surface area contributed by atoms with Gasteiger partial charge in [0, 0.05) is 37.0 Å². The predicted octanol–water partition coefficient (Wildman–Crippen LogP) is 4.55. The van der Waals surface area contributed by atoms with Crippen LogP contribution in [0, 0.1) is 11.6 Å². The van der Waals surface area contributed by atoms with E-state index in [0.717, 1.165) is 18.2 Å². The van der Waals surface area contributed by atoms with Gasteiger partial charge in [0.1, 0.15) is 29.3 Å². The second-order valence-corrected chi connectivity index (χ2v) is 9.32. The molecule has 2 aromatic heterocycles. The smallest absolute Gasteiger partial charge is 0.271 e. The van der Waals surface area contributed by atoms with E-state index in [1.165, 1.54) is 23.0 Å². The van der Waals surface area contributed by atoms with Gasteiger partial charge in [0.2, 0.25) is 0 Å². The third-order valence-electron chi connectivity index (χ3n) is 6.18. The molecule has 39 heavy (non-hydrogen) atoms. The van der Waals surface area contributed by atoms with Crippen LogP contribution in [0.1, 0.15) is 27.3 Å². The third-order valence-corrected chi connectivity index (χ3v) is 6.49. The maximum absolute atomic E-state index is 14.7. The Hall–Kier alpha value is -4.22. The number of para-hydroxylation sites is 1. The minimum Gasteiger partial charge on any atom is -0.349 e. The van der Waals surface area contributed by atoms with Crippen molar-refractivity contribution in [3.8, 4) is 16.9 Å². The Labute approximate surface area is 226 Å². The highest BCUT2D eigenvalue weighted by Gasteiger charge is 2.25. The van der Waals surface area contributed by atoms with Crippen molar-refractivity contribution in [3.63, 3.8) is 0 Å². The number of anilines is 1. The zero-order chi connectivity index (χ0) is 27.5. The lowest BCUT2D eigenvalue weighted by Gasteiger charge is -2.12. The molecule has 0 bridgehead atoms. The first-order valence-electron chi connectivity index (χ1n) is 12.0. The normalized spacial score (nSPS) is 16.7. The molecule has 4 aromatic rings. The molecule has 0 aliphatic carbocycles. The SMILES string of the molecule is O=C(NC[C@@H]1C[C@H](F)CN1)c1cc(NC(=O)c2cc(-c3ncccc3F)c(F)cc2Cl)n(-c2ccccc2)n1. The summed E-state index contributed by atoms with van der Waals surface area (Å²) < 4.78 is 43.8. The van der Waals surface area contributed by atoms with Crippen LogP contribution in [-0.4, -0.2) is 51.9 Å². The van der Waals surface area contributed by atoms with E-state index in [9.17, 15) is 22.8 Å². The minimum absolute atomic E-state index is 0.00500. The maximum atomic E-state index is 14.7. The quantitative estimate of drug-likeness (QED) is 0.311. The van der Waals surface area contributed by atoms with Gasteiger partial charge in [0.15, 0.2) is 5.69 Å². The Morgan fingerprint density at radius 2 is 1.85 bits per heavy atom. The molecule has 12 heteroatoms. The van der Waals surface area contributed by atoms with Gasteiger partial charge in [-0.25, -0.2) is 17.9 Å². The number of benzene rings is 2. The fraction of sp³-hybridized carbons (Fsp3) is 0.185. The number of nitrogens with zero attached hydrogens (tertiary/aromatic N) is 3. The van der Waals surface area contributed by atoms with E-state index in [1.54, 1.807) is 30.3 Å². The number of carbonyl (C=O) groups excluding carboxylic acids is 2. The van der Waals surface area contributed by atoms with Crippen LogP contribution >= 0.6 is 11.6 Å². The lowest BCUT2D eigenvalue weighted by Crippen LogP contribution is -2.37. The van der Waals surface area contributed by atoms with Crippen LogP contribution < -0.4 is 16.0 Å². The Balaban J connectivity index is 1.43. The number of halogens is 4. The van der Waals surface area contributed by atoms with E-state index >= 15 is 0 Å². The summed E-state index contributed by atoms with van der Waals surface area (Å²) in [5.41, 5.74) is -0.102. The molecule has 0 saturated carbocycles. The highest BCUT2D eigenvalue weighted by Crippen LogP contribution is 2.30. The predicted molar refractivity (Wildman–Crippen MR) is 140 cm³/mol. The second kappa shape index (κ2) is 11.3. The van der Waals surface area contributed by atoms with E-state index in [0.29, 0.717) is 12.1 Å². The van der Waals surface area contributed by atoms with Gasteiger partial charge in [-0.05, 0) is 42.8 Å². The van der Waals surface area contributed by atoms with E-state index < -0.39 is 29.6 Å². The van der Waals surface area contributed by atoms with Gasteiger partial charge in [-0.3, -0.25) is 14.6 Å². The van der Waals surface area contributed by atoms with Crippen LogP contribution in [0.25, 0.3) is 16.9 Å². The van der Waals surface area contributed by atoms with Gasteiger partial charge in [-0.15, -0.1) is 0 Å². The summed E-state index contributed by atoms with van der Waals surface area (Å²) in [7, 11) is 0. The molecule has 3 heterocycles. The van der Waals surface area contributed by atoms with Gasteiger partial charge in [-0.1, -0.05) is 29.8 Å². The van der Waals surface area contributed by atoms with Crippen molar-refractivity contribution < 1.29 is 22.8 Å². The van der Waals surface area contributed by atoms with Crippen LogP contribution in [0.3, 0.4) is 0 Å². The molecule has 2 amide bonds. The molecule has 8 nitrogen and oxygen atoms in total. The minimum atomic E-state index is -0.959. The number of hydrogen-bond acceptors (Lipinski definition) is 5. The molecule has 200 valence electrons. The van der Waals surface area contributed by atoms with Gasteiger partial charge >= 0.3 is 0 Å². The highest BCUT2D eigenvalue weighted by molar-refractivity contribution is 6.34. The molecule has 3 N–H and O–H groups in total. The van der Waals surface area contributed by atoms with Gasteiger partial charge < -0.3 is 16.0 Å². The second-order valence-electron chi connectivity index (χ2n) is 8.91. The Morgan fingerprint density at radius 3 is 2.56 bits per heavy atom. The Bertz CT molecular complexity index is 1530. The fourth-order valence-corrected chi connectivity index (χ4v) is 4.49. The molecule has 2 aromatic carbocycles. The molecule has 1 fully saturated rings. The summed E-state index contributed by atoms with van der Waals surface area (Å²) in [5.74, 6) is -2.75. The van der Waals surface area contributed by atoms with Crippen LogP contribution in [0.5, 0.6) is 0 Å². The molecular weight excluding hydrogens is 533 g/mol. The summed E-state index contributed by atoms with van der Waals surface area (Å²) in [5, 5.41) is 12.5. The lowest BCUT2D eigenvalue weighted by atomic mass is 10.1. The summed E-state index contributed by atoms with van der Waals surface area (Å²) >= 11 is 6.18. The molecule has 0 radical (unpaired) electrons. The number of alkyl halides is 1. The van der Waals surface area contributed by atoms with Crippen molar-refractivity contribution in [3.05, 3.63) is 94.8 Å². The Morgan fingerprint density at radius 1 is 1.05 bits per heavy atom. The topological polar surface area (TPSA) is 101 Å². The number of carbonyl (C=O) groups is 2. The molecular formula is C27H22ClF3N6O2. The molecule has 1 aliphatic heterocycles. The van der Waals surface area contributed by atoms with Crippen LogP contribution in [0.4, 0.5) is 19.0 Å². The maximum Gasteiger partial charge on any atom is 0.271 e. The Kier molecular flexibility index (Phi) is 7.62. The zero-order valence-corrected chi connectivity index (χ0v) is 21.1. The molecule has 0 unspecified atom stereocenters. The van der Waals surface area contributed by atoms with Crippen molar-refractivity contribution >= 4 is 29.2 Å². The number of pyridine rings is 1. The van der Waals surface area contributed by atoms with E-state index in [1.807, 2.05) is 0 Å². The molecule has 1 aliphatic rings. The van der Waals surface area contributed by atoms with Crippen molar-refractivity contribution in [2.45, 2.75) is 18.6 Å². The van der Waals surface area contributed by atoms with Gasteiger partial charge in [-0.2, -0.15) is 5.10 Å². The fourth-order valence-electron chi connectivity index (χ4n) is 4.25. The first-order valence-corrected chi connectivity index (χ1v) is 12.4. The zero-order valence-electron chi connectivity index (χ0n) is 20.3. The molecule has 2 atom stereocenters. The number of nitrogens with one attached hydrogen (secondary N) is 3. The first kappa shape index (κ1) is 26.4. The largest absolute Gasteiger partial charge is 0.349 e. The molecule has 5 rings (SSSR count). The van der Waals surface area contributed by atoms with Crippen molar-refractivity contribution in [1.29, 1.82) is 0 Å². The average molecular weight is 555 g/mol. The van der Waals surface area contributed by atoms with Crippen LogP contribution in [-0.2, 0) is 0 Å². The van der Waals surface area contributed by atoms with Crippen LogP contribution in [0.15, 0.2) is 66.9 Å². The number of amides is 2. The van der Waals surface area contributed by atoms with Gasteiger partial charge in [0.05, 0.1) is 16.3 Å². The van der Waals surface area contributed by atoms with E-state index in [4.69, 9.17) is 11.6 Å². The molecule has 1 saturated heterocycles. The van der Waals surface area contributed by atoms with E-state index in [2.05, 4.69) is 26.0 Å². The summed E-state index contributed by atoms with van der Waals surface area (Å²) in [6.45, 7) is 0.442. The summed E-state index contributed by atoms with van der Waals surface area (Å²) in [6, 6.07) is 14.4. The number of hydrogen-bond donors (Lipinski definition) is 3.